The molecule has 2 fully saturated rings. The monoisotopic (exact) mass is 507 g/mol. The lowest BCUT2D eigenvalue weighted by atomic mass is 9.93. The summed E-state index contributed by atoms with van der Waals surface area (Å²) in [5.74, 6) is 0.0483. The number of halogens is 1. The predicted octanol–water partition coefficient (Wildman–Crippen LogP) is 2.14. The first-order valence-corrected chi connectivity index (χ1v) is 13.3. The molecule has 2 saturated heterocycles. The summed E-state index contributed by atoms with van der Waals surface area (Å²) in [5, 5.41) is 0.206. The first-order chi connectivity index (χ1) is 16.1. The van der Waals surface area contributed by atoms with Crippen LogP contribution in [-0.4, -0.2) is 73.7 Å². The van der Waals surface area contributed by atoms with Gasteiger partial charge in [0.15, 0.2) is 0 Å². The molecule has 2 aliphatic heterocycles. The fraction of sp³-hybridized carbons (Fsp3) is 0.458. The number of carbonyl (C=O) groups is 1. The smallest absolute Gasteiger partial charge is 0.244 e. The Bertz CT molecular complexity index is 1060. The van der Waals surface area contributed by atoms with Gasteiger partial charge in [-0.15, -0.1) is 0 Å². The number of piperazine rings is 1. The van der Waals surface area contributed by atoms with Crippen LogP contribution in [0.3, 0.4) is 0 Å². The van der Waals surface area contributed by atoms with E-state index < -0.39 is 10.0 Å². The number of sulfonamides is 1. The molecule has 0 radical (unpaired) electrons. The topological polar surface area (TPSA) is 113 Å². The third-order valence-electron chi connectivity index (χ3n) is 6.55. The Morgan fingerprint density at radius 2 is 1.76 bits per heavy atom. The van der Waals surface area contributed by atoms with Crippen LogP contribution in [0.15, 0.2) is 65.4 Å². The number of carbonyl (C=O) groups excluding carboxylic acids is 1. The minimum atomic E-state index is -3.68. The van der Waals surface area contributed by atoms with Gasteiger partial charge in [-0.05, 0) is 68.9 Å². The molecule has 34 heavy (non-hydrogen) atoms. The van der Waals surface area contributed by atoms with Gasteiger partial charge in [0.05, 0.1) is 5.02 Å². The second kappa shape index (κ2) is 11.4. The molecule has 0 spiro atoms. The maximum Gasteiger partial charge on any atom is 0.244 e. The molecule has 1 aromatic carbocycles. The predicted molar refractivity (Wildman–Crippen MR) is 135 cm³/mol. The molecule has 10 heteroatoms. The van der Waals surface area contributed by atoms with E-state index in [1.165, 1.54) is 16.6 Å². The molecule has 0 bridgehead atoms. The molecule has 0 aliphatic carbocycles. The SMILES string of the molecule is C=C(N)/C=C(\C=C/N)C(C)N1CCC(C(=O)N2CCN(S(=O)(=O)c3ccccc3Cl)CC2)CC1. The maximum atomic E-state index is 13.1. The second-order valence-corrected chi connectivity index (χ2v) is 11.0. The summed E-state index contributed by atoms with van der Waals surface area (Å²) >= 11 is 6.11. The van der Waals surface area contributed by atoms with Crippen molar-refractivity contribution in [1.29, 1.82) is 0 Å². The number of nitrogens with two attached hydrogens (primary N) is 2. The van der Waals surface area contributed by atoms with Crippen LogP contribution in [0.25, 0.3) is 0 Å². The van der Waals surface area contributed by atoms with Crippen LogP contribution in [0, 0.1) is 5.92 Å². The van der Waals surface area contributed by atoms with E-state index in [0.717, 1.165) is 31.5 Å². The Morgan fingerprint density at radius 3 is 2.32 bits per heavy atom. The molecule has 3 rings (SSSR count). The van der Waals surface area contributed by atoms with Gasteiger partial charge in [-0.25, -0.2) is 8.42 Å². The molecule has 0 saturated carbocycles. The van der Waals surface area contributed by atoms with Gasteiger partial charge in [-0.3, -0.25) is 9.69 Å². The van der Waals surface area contributed by atoms with Gasteiger partial charge < -0.3 is 16.4 Å². The van der Waals surface area contributed by atoms with Crippen molar-refractivity contribution in [2.75, 3.05) is 39.3 Å². The molecular formula is C24H34ClN5O3S. The second-order valence-electron chi connectivity index (χ2n) is 8.72. The van der Waals surface area contributed by atoms with E-state index in [0.29, 0.717) is 18.8 Å². The summed E-state index contributed by atoms with van der Waals surface area (Å²) < 4.78 is 27.3. The van der Waals surface area contributed by atoms with Crippen molar-refractivity contribution < 1.29 is 13.2 Å². The highest BCUT2D eigenvalue weighted by Crippen LogP contribution is 2.27. The van der Waals surface area contributed by atoms with E-state index in [4.69, 9.17) is 23.1 Å². The average molecular weight is 508 g/mol. The van der Waals surface area contributed by atoms with Gasteiger partial charge in [0, 0.05) is 43.8 Å². The Balaban J connectivity index is 1.55. The summed E-state index contributed by atoms with van der Waals surface area (Å²) in [6.07, 6.45) is 6.65. The van der Waals surface area contributed by atoms with Crippen LogP contribution in [0.4, 0.5) is 0 Å². The van der Waals surface area contributed by atoms with Crippen molar-refractivity contribution in [2.24, 2.45) is 17.4 Å². The highest BCUT2D eigenvalue weighted by molar-refractivity contribution is 7.89. The fourth-order valence-electron chi connectivity index (χ4n) is 4.58. The van der Waals surface area contributed by atoms with Crippen molar-refractivity contribution in [3.8, 4) is 0 Å². The third kappa shape index (κ3) is 6.02. The zero-order valence-corrected chi connectivity index (χ0v) is 21.1. The van der Waals surface area contributed by atoms with Crippen molar-refractivity contribution in [2.45, 2.75) is 30.7 Å². The number of likely N-dealkylation sites (tertiary alicyclic amines) is 1. The van der Waals surface area contributed by atoms with Crippen LogP contribution >= 0.6 is 11.6 Å². The Hall–Kier alpha value is -2.33. The zero-order valence-electron chi connectivity index (χ0n) is 19.6. The third-order valence-corrected chi connectivity index (χ3v) is 8.95. The molecule has 1 aromatic rings. The van der Waals surface area contributed by atoms with Crippen LogP contribution in [-0.2, 0) is 14.8 Å². The lowest BCUT2D eigenvalue weighted by molar-refractivity contribution is -0.138. The van der Waals surface area contributed by atoms with E-state index in [2.05, 4.69) is 18.4 Å². The Kier molecular flexibility index (Phi) is 8.81. The largest absolute Gasteiger partial charge is 0.405 e. The standard InChI is InChI=1S/C24H34ClN5O3S/c1-18(27)17-21(7-10-26)19(2)28-11-8-20(9-12-28)24(31)29-13-15-30(16-14-29)34(32,33)23-6-4-3-5-22(23)25/h3-7,10,17,19-20H,1,8-9,11-16,26-27H2,2H3/b10-7-,21-17+. The zero-order chi connectivity index (χ0) is 24.9. The molecular weight excluding hydrogens is 474 g/mol. The molecule has 2 aliphatic rings. The summed E-state index contributed by atoms with van der Waals surface area (Å²) in [4.78, 5) is 17.4. The summed E-state index contributed by atoms with van der Waals surface area (Å²) in [6.45, 7) is 8.69. The van der Waals surface area contributed by atoms with E-state index in [-0.39, 0.29) is 40.9 Å². The van der Waals surface area contributed by atoms with Gasteiger partial charge in [0.2, 0.25) is 15.9 Å². The van der Waals surface area contributed by atoms with Gasteiger partial charge in [0.25, 0.3) is 0 Å². The number of benzene rings is 1. The highest BCUT2D eigenvalue weighted by atomic mass is 35.5. The van der Waals surface area contributed by atoms with Crippen LogP contribution in [0.5, 0.6) is 0 Å². The summed E-state index contributed by atoms with van der Waals surface area (Å²) in [5.41, 5.74) is 12.8. The van der Waals surface area contributed by atoms with E-state index in [9.17, 15) is 13.2 Å². The van der Waals surface area contributed by atoms with Gasteiger partial charge in [-0.1, -0.05) is 30.3 Å². The lowest BCUT2D eigenvalue weighted by Gasteiger charge is -2.39. The fourth-order valence-corrected chi connectivity index (χ4v) is 6.49. The molecule has 1 unspecified atom stereocenters. The van der Waals surface area contributed by atoms with Crippen molar-refractivity contribution >= 4 is 27.5 Å². The van der Waals surface area contributed by atoms with E-state index in [1.807, 2.05) is 12.2 Å². The number of rotatable bonds is 7. The van der Waals surface area contributed by atoms with Gasteiger partial charge in [0.1, 0.15) is 4.90 Å². The number of allylic oxidation sites excluding steroid dienone is 1. The number of hydrogen-bond donors (Lipinski definition) is 2. The first kappa shape index (κ1) is 26.3. The van der Waals surface area contributed by atoms with E-state index in [1.54, 1.807) is 23.1 Å². The normalized spacial score (nSPS) is 20.5. The van der Waals surface area contributed by atoms with Crippen LogP contribution in [0.1, 0.15) is 19.8 Å². The Labute approximate surface area is 207 Å². The molecule has 1 amide bonds. The molecule has 8 nitrogen and oxygen atoms in total. The Morgan fingerprint density at radius 1 is 1.15 bits per heavy atom. The molecule has 186 valence electrons. The molecule has 0 aromatic heterocycles. The molecule has 1 atom stereocenters. The van der Waals surface area contributed by atoms with Gasteiger partial charge in [-0.2, -0.15) is 4.31 Å². The number of hydrogen-bond acceptors (Lipinski definition) is 6. The first-order valence-electron chi connectivity index (χ1n) is 11.5. The van der Waals surface area contributed by atoms with Crippen LogP contribution in [0.2, 0.25) is 5.02 Å². The van der Waals surface area contributed by atoms with Gasteiger partial charge >= 0.3 is 0 Å². The maximum absolute atomic E-state index is 13.1. The average Bonchev–Trinajstić information content (AvgIpc) is 2.83. The van der Waals surface area contributed by atoms with Crippen molar-refractivity contribution in [3.63, 3.8) is 0 Å². The summed E-state index contributed by atoms with van der Waals surface area (Å²) in [6, 6.07) is 6.54. The molecule has 4 N–H and O–H groups in total. The summed E-state index contributed by atoms with van der Waals surface area (Å²) in [7, 11) is -3.68. The highest BCUT2D eigenvalue weighted by Gasteiger charge is 2.35. The minimum absolute atomic E-state index is 0.0582. The lowest BCUT2D eigenvalue weighted by Crippen LogP contribution is -2.53. The van der Waals surface area contributed by atoms with Crippen LogP contribution < -0.4 is 11.5 Å². The van der Waals surface area contributed by atoms with Crippen molar-refractivity contribution in [3.05, 3.63) is 65.5 Å². The number of piperidine rings is 1. The molecule has 2 heterocycles. The number of nitrogens with zero attached hydrogens (tertiary/aromatic N) is 3. The minimum Gasteiger partial charge on any atom is -0.405 e. The quantitative estimate of drug-likeness (QED) is 0.547. The van der Waals surface area contributed by atoms with Crippen molar-refractivity contribution in [1.82, 2.24) is 14.1 Å². The number of amides is 1. The van der Waals surface area contributed by atoms with E-state index >= 15 is 0 Å².